The first-order valence-corrected chi connectivity index (χ1v) is 15.8. The summed E-state index contributed by atoms with van der Waals surface area (Å²) >= 11 is 0. The molecule has 1 N–H and O–H groups in total. The summed E-state index contributed by atoms with van der Waals surface area (Å²) in [6.45, 7) is 17.0. The Morgan fingerprint density at radius 2 is 1.79 bits per heavy atom. The van der Waals surface area contributed by atoms with Crippen molar-refractivity contribution in [2.45, 2.75) is 105 Å². The summed E-state index contributed by atoms with van der Waals surface area (Å²) in [5, 5.41) is 13.1. The van der Waals surface area contributed by atoms with Crippen molar-refractivity contribution in [1.82, 2.24) is 0 Å². The Hall–Kier alpha value is -2.35. The Kier molecular flexibility index (Phi) is 7.68. The minimum atomic E-state index is -1.08. The number of nitrogens with zero attached hydrogens (tertiary/aromatic N) is 1. The fraction of sp³-hybridized carbons (Fsp3) is 0.794. The highest BCUT2D eigenvalue weighted by atomic mass is 16.6. The standard InChI is InChI=1S/C34H49NO7/c1-18(16-36)19(2)29(39)30(42-23(6)38)21(4)28-26(41-22(5)37)15-32(8)27-10-9-24-20(3)25(35-40)11-12-33(24)17-34(27,33)14-13-31(28,32)7/h11-12,18,20-21,24-28,30,36H,2,9-10,13-17H2,1,3-8H3/t18-,20-,21-,24-,25?,26-,27-,28-,30+,31+,32-,33+,34-/m0/s1. The maximum Gasteiger partial charge on any atom is 0.303 e. The maximum absolute atomic E-state index is 13.7. The van der Waals surface area contributed by atoms with E-state index in [4.69, 9.17) is 9.47 Å². The molecule has 0 aromatic heterocycles. The molecule has 0 aromatic rings. The van der Waals surface area contributed by atoms with Crippen LogP contribution >= 0.6 is 0 Å². The Balaban J connectivity index is 1.54. The Morgan fingerprint density at radius 1 is 1.10 bits per heavy atom. The number of fused-ring (bicyclic) bond motifs is 2. The van der Waals surface area contributed by atoms with Crippen molar-refractivity contribution in [3.05, 3.63) is 29.2 Å². The van der Waals surface area contributed by atoms with Crippen LogP contribution in [-0.2, 0) is 23.9 Å². The number of nitroso groups, excluding NO2 is 1. The molecule has 4 fully saturated rings. The molecule has 232 valence electrons. The van der Waals surface area contributed by atoms with Gasteiger partial charge in [0, 0.05) is 38.2 Å². The molecule has 4 saturated carbocycles. The molecular weight excluding hydrogens is 534 g/mol. The number of ketones is 1. The minimum absolute atomic E-state index is 0.0932. The molecule has 0 aliphatic heterocycles. The molecule has 1 unspecified atom stereocenters. The summed E-state index contributed by atoms with van der Waals surface area (Å²) in [5.41, 5.74) is 0.0220. The summed E-state index contributed by atoms with van der Waals surface area (Å²) in [5.74, 6) is -1.33. The SMILES string of the molecule is C=C(C(=O)[C@H](OC(C)=O)[C@@H](C)[C@H]1[C@@H](OC(C)=O)C[C@@]2(C)[C@@H]3CC[C@H]4[C@H](C)C(N=O)C=C[C@@]45C[C@@]35CC[C@]12C)[C@@H](C)CO. The van der Waals surface area contributed by atoms with Crippen LogP contribution < -0.4 is 0 Å². The molecule has 42 heavy (non-hydrogen) atoms. The largest absolute Gasteiger partial charge is 0.462 e. The number of carbonyl (C=O) groups excluding carboxylic acids is 3. The second kappa shape index (κ2) is 10.4. The molecule has 0 aromatic carbocycles. The van der Waals surface area contributed by atoms with Gasteiger partial charge < -0.3 is 14.6 Å². The summed E-state index contributed by atoms with van der Waals surface area (Å²) in [6.07, 6.45) is 8.74. The average molecular weight is 584 g/mol. The van der Waals surface area contributed by atoms with E-state index < -0.39 is 30.0 Å². The van der Waals surface area contributed by atoms with Crippen molar-refractivity contribution in [3.8, 4) is 0 Å². The normalized spacial score (nSPS) is 45.1. The number of aliphatic hydroxyl groups is 1. The van der Waals surface area contributed by atoms with Gasteiger partial charge >= 0.3 is 11.9 Å². The molecule has 2 spiro atoms. The van der Waals surface area contributed by atoms with E-state index in [1.54, 1.807) is 6.92 Å². The summed E-state index contributed by atoms with van der Waals surface area (Å²) in [4.78, 5) is 50.1. The van der Waals surface area contributed by atoms with Crippen LogP contribution in [0.4, 0.5) is 0 Å². The number of carbonyl (C=O) groups is 3. The van der Waals surface area contributed by atoms with Crippen LogP contribution in [0.1, 0.15) is 87.0 Å². The molecule has 5 aliphatic carbocycles. The predicted octanol–water partition coefficient (Wildman–Crippen LogP) is 5.81. The molecule has 5 rings (SSSR count). The number of rotatable bonds is 9. The van der Waals surface area contributed by atoms with Gasteiger partial charge in [0.05, 0.1) is 0 Å². The predicted molar refractivity (Wildman–Crippen MR) is 158 cm³/mol. The number of hydrogen-bond donors (Lipinski definition) is 1. The first-order valence-electron chi connectivity index (χ1n) is 15.8. The van der Waals surface area contributed by atoms with Crippen LogP contribution in [0.2, 0.25) is 0 Å². The fourth-order valence-corrected chi connectivity index (χ4v) is 11.2. The first-order chi connectivity index (χ1) is 19.6. The van der Waals surface area contributed by atoms with Gasteiger partial charge in [0.1, 0.15) is 12.1 Å². The van der Waals surface area contributed by atoms with Crippen molar-refractivity contribution in [1.29, 1.82) is 0 Å². The number of ether oxygens (including phenoxy) is 2. The van der Waals surface area contributed by atoms with Gasteiger partial charge in [0.15, 0.2) is 11.9 Å². The minimum Gasteiger partial charge on any atom is -0.462 e. The van der Waals surface area contributed by atoms with Gasteiger partial charge in [-0.25, -0.2) is 0 Å². The Bertz CT molecular complexity index is 1210. The maximum atomic E-state index is 13.7. The lowest BCUT2D eigenvalue weighted by atomic mass is 9.43. The van der Waals surface area contributed by atoms with E-state index in [-0.39, 0.29) is 63.5 Å². The molecular formula is C34H49NO7. The zero-order valence-electron chi connectivity index (χ0n) is 26.4. The van der Waals surface area contributed by atoms with Crippen LogP contribution in [-0.4, -0.2) is 47.7 Å². The number of allylic oxidation sites excluding steroid dienone is 1. The number of Topliss-reactive ketones (excluding diaryl/α,β-unsaturated/α-hetero) is 1. The molecule has 5 aliphatic rings. The molecule has 0 bridgehead atoms. The van der Waals surface area contributed by atoms with Gasteiger partial charge in [-0.3, -0.25) is 14.4 Å². The highest BCUT2D eigenvalue weighted by Crippen LogP contribution is 2.87. The highest BCUT2D eigenvalue weighted by Gasteiger charge is 2.81. The zero-order chi connectivity index (χ0) is 31.0. The van der Waals surface area contributed by atoms with Crippen molar-refractivity contribution < 1.29 is 29.0 Å². The monoisotopic (exact) mass is 583 g/mol. The fourth-order valence-electron chi connectivity index (χ4n) is 11.2. The molecule has 0 amide bonds. The average Bonchev–Trinajstić information content (AvgIpc) is 3.53. The highest BCUT2D eigenvalue weighted by molar-refractivity contribution is 5.99. The molecule has 0 heterocycles. The Labute approximate surface area is 250 Å². The number of hydrogen-bond acceptors (Lipinski definition) is 8. The second-order valence-corrected chi connectivity index (χ2v) is 15.0. The molecule has 13 atom stereocenters. The van der Waals surface area contributed by atoms with E-state index in [1.807, 2.05) is 6.92 Å². The van der Waals surface area contributed by atoms with E-state index in [1.165, 1.54) is 13.8 Å². The van der Waals surface area contributed by atoms with Crippen LogP contribution in [0.25, 0.3) is 0 Å². The van der Waals surface area contributed by atoms with Gasteiger partial charge in [-0.05, 0) is 83.5 Å². The van der Waals surface area contributed by atoms with Gasteiger partial charge in [-0.2, -0.15) is 4.91 Å². The van der Waals surface area contributed by atoms with Gasteiger partial charge in [0.25, 0.3) is 0 Å². The van der Waals surface area contributed by atoms with Crippen molar-refractivity contribution >= 4 is 17.7 Å². The summed E-state index contributed by atoms with van der Waals surface area (Å²) < 4.78 is 11.8. The van der Waals surface area contributed by atoms with E-state index >= 15 is 0 Å². The number of aliphatic hydroxyl groups excluding tert-OH is 1. The molecule has 8 heteroatoms. The van der Waals surface area contributed by atoms with Crippen LogP contribution in [0.15, 0.2) is 29.5 Å². The number of esters is 2. The first kappa shape index (κ1) is 31.1. The second-order valence-electron chi connectivity index (χ2n) is 15.0. The third-order valence-corrected chi connectivity index (χ3v) is 13.4. The van der Waals surface area contributed by atoms with Crippen molar-refractivity contribution in [2.24, 2.45) is 62.3 Å². The van der Waals surface area contributed by atoms with E-state index in [2.05, 4.69) is 44.7 Å². The van der Waals surface area contributed by atoms with Crippen molar-refractivity contribution in [2.75, 3.05) is 6.61 Å². The third-order valence-electron chi connectivity index (χ3n) is 13.4. The molecule has 8 nitrogen and oxygen atoms in total. The van der Waals surface area contributed by atoms with E-state index in [0.29, 0.717) is 18.3 Å². The lowest BCUT2D eigenvalue weighted by Gasteiger charge is -2.61. The lowest BCUT2D eigenvalue weighted by Crippen LogP contribution is -2.56. The van der Waals surface area contributed by atoms with Crippen LogP contribution in [0.5, 0.6) is 0 Å². The lowest BCUT2D eigenvalue weighted by molar-refractivity contribution is -0.166. The van der Waals surface area contributed by atoms with Crippen molar-refractivity contribution in [3.63, 3.8) is 0 Å². The van der Waals surface area contributed by atoms with Crippen LogP contribution in [0, 0.1) is 62.1 Å². The topological polar surface area (TPSA) is 119 Å². The van der Waals surface area contributed by atoms with Gasteiger partial charge in [0.2, 0.25) is 0 Å². The quantitative estimate of drug-likeness (QED) is 0.157. The van der Waals surface area contributed by atoms with E-state index in [0.717, 1.165) is 32.1 Å². The van der Waals surface area contributed by atoms with Gasteiger partial charge in [-0.1, -0.05) is 58.5 Å². The van der Waals surface area contributed by atoms with Crippen LogP contribution in [0.3, 0.4) is 0 Å². The zero-order valence-corrected chi connectivity index (χ0v) is 26.4. The summed E-state index contributed by atoms with van der Waals surface area (Å²) in [6, 6.07) is -0.261. The third kappa shape index (κ3) is 4.13. The summed E-state index contributed by atoms with van der Waals surface area (Å²) in [7, 11) is 0. The smallest absolute Gasteiger partial charge is 0.303 e. The molecule has 0 saturated heterocycles. The van der Waals surface area contributed by atoms with E-state index in [9.17, 15) is 24.4 Å². The Morgan fingerprint density at radius 3 is 2.38 bits per heavy atom. The molecule has 0 radical (unpaired) electrons. The van der Waals surface area contributed by atoms with Gasteiger partial charge in [-0.15, -0.1) is 0 Å².